The summed E-state index contributed by atoms with van der Waals surface area (Å²) in [7, 11) is -3.69. The highest BCUT2D eigenvalue weighted by Gasteiger charge is 2.27. The molecule has 0 bridgehead atoms. The molecule has 1 aliphatic rings. The van der Waals surface area contributed by atoms with Gasteiger partial charge in [-0.25, -0.2) is 17.6 Å². The standard InChI is InChI=1S/C18H18FNO5S/c19-16-6-4-14(5-7-16)13-25-18(21)15-2-1-3-17(12-15)26(22,23)20-8-10-24-11-9-20/h1-7,12H,8-11,13H2. The first-order chi connectivity index (χ1) is 12.5. The number of halogens is 1. The van der Waals surface area contributed by atoms with E-state index in [1.165, 1.54) is 52.8 Å². The third-order valence-electron chi connectivity index (χ3n) is 3.96. The minimum Gasteiger partial charge on any atom is -0.457 e. The van der Waals surface area contributed by atoms with Gasteiger partial charge in [-0.05, 0) is 35.9 Å². The third kappa shape index (κ3) is 4.27. The van der Waals surface area contributed by atoms with Crippen LogP contribution in [0.4, 0.5) is 4.39 Å². The van der Waals surface area contributed by atoms with E-state index >= 15 is 0 Å². The summed E-state index contributed by atoms with van der Waals surface area (Å²) in [5.41, 5.74) is 0.776. The monoisotopic (exact) mass is 379 g/mol. The van der Waals surface area contributed by atoms with Crippen LogP contribution in [0.2, 0.25) is 0 Å². The molecular weight excluding hydrogens is 361 g/mol. The number of esters is 1. The van der Waals surface area contributed by atoms with E-state index in [0.29, 0.717) is 18.8 Å². The van der Waals surface area contributed by atoms with Gasteiger partial charge < -0.3 is 9.47 Å². The fraction of sp³-hybridized carbons (Fsp3) is 0.278. The molecule has 0 spiro atoms. The van der Waals surface area contributed by atoms with Gasteiger partial charge in [-0.3, -0.25) is 0 Å². The molecule has 8 heteroatoms. The van der Waals surface area contributed by atoms with E-state index in [-0.39, 0.29) is 36.0 Å². The SMILES string of the molecule is O=C(OCc1ccc(F)cc1)c1cccc(S(=O)(=O)N2CCOCC2)c1. The largest absolute Gasteiger partial charge is 0.457 e. The number of carbonyl (C=O) groups is 1. The number of hydrogen-bond acceptors (Lipinski definition) is 5. The summed E-state index contributed by atoms with van der Waals surface area (Å²) < 4.78 is 49.9. The molecule has 0 saturated carbocycles. The van der Waals surface area contributed by atoms with Crippen molar-refractivity contribution in [3.63, 3.8) is 0 Å². The molecule has 0 N–H and O–H groups in total. The van der Waals surface area contributed by atoms with Gasteiger partial charge in [0, 0.05) is 13.1 Å². The molecule has 138 valence electrons. The van der Waals surface area contributed by atoms with E-state index in [0.717, 1.165) is 0 Å². The Morgan fingerprint density at radius 3 is 2.50 bits per heavy atom. The highest BCUT2D eigenvalue weighted by atomic mass is 32.2. The molecule has 0 amide bonds. The second-order valence-corrected chi connectivity index (χ2v) is 7.68. The van der Waals surface area contributed by atoms with Crippen molar-refractivity contribution in [3.05, 3.63) is 65.5 Å². The Bertz CT molecular complexity index is 877. The lowest BCUT2D eigenvalue weighted by atomic mass is 10.2. The number of carbonyl (C=O) groups excluding carboxylic acids is 1. The van der Waals surface area contributed by atoms with Crippen molar-refractivity contribution in [2.45, 2.75) is 11.5 Å². The average molecular weight is 379 g/mol. The van der Waals surface area contributed by atoms with E-state index in [9.17, 15) is 17.6 Å². The van der Waals surface area contributed by atoms with Gasteiger partial charge in [-0.2, -0.15) is 4.31 Å². The van der Waals surface area contributed by atoms with Crippen LogP contribution in [0.25, 0.3) is 0 Å². The second-order valence-electron chi connectivity index (χ2n) is 5.75. The fourth-order valence-electron chi connectivity index (χ4n) is 2.53. The lowest BCUT2D eigenvalue weighted by Crippen LogP contribution is -2.40. The highest BCUT2D eigenvalue weighted by Crippen LogP contribution is 2.19. The molecule has 0 atom stereocenters. The fourth-order valence-corrected chi connectivity index (χ4v) is 3.99. The van der Waals surface area contributed by atoms with E-state index in [2.05, 4.69) is 0 Å². The van der Waals surface area contributed by atoms with E-state index in [1.807, 2.05) is 0 Å². The summed E-state index contributed by atoms with van der Waals surface area (Å²) in [6, 6.07) is 11.3. The maximum Gasteiger partial charge on any atom is 0.338 e. The Balaban J connectivity index is 1.71. The van der Waals surface area contributed by atoms with Crippen molar-refractivity contribution in [2.24, 2.45) is 0 Å². The zero-order chi connectivity index (χ0) is 18.6. The summed E-state index contributed by atoms with van der Waals surface area (Å²) >= 11 is 0. The number of morpholine rings is 1. The topological polar surface area (TPSA) is 72.9 Å². The predicted octanol–water partition coefficient (Wildman–Crippen LogP) is 2.20. The van der Waals surface area contributed by atoms with Gasteiger partial charge in [0.1, 0.15) is 12.4 Å². The van der Waals surface area contributed by atoms with Crippen LogP contribution in [-0.4, -0.2) is 45.0 Å². The number of sulfonamides is 1. The zero-order valence-corrected chi connectivity index (χ0v) is 14.7. The molecule has 2 aromatic carbocycles. The number of ether oxygens (including phenoxy) is 2. The van der Waals surface area contributed by atoms with Crippen LogP contribution in [-0.2, 0) is 26.1 Å². The van der Waals surface area contributed by atoms with Crippen molar-refractivity contribution in [2.75, 3.05) is 26.3 Å². The van der Waals surface area contributed by atoms with Gasteiger partial charge in [0.2, 0.25) is 10.0 Å². The molecule has 26 heavy (non-hydrogen) atoms. The van der Waals surface area contributed by atoms with Crippen LogP contribution in [0.5, 0.6) is 0 Å². The van der Waals surface area contributed by atoms with Crippen molar-refractivity contribution >= 4 is 16.0 Å². The predicted molar refractivity (Wildman–Crippen MR) is 91.5 cm³/mol. The van der Waals surface area contributed by atoms with Crippen LogP contribution >= 0.6 is 0 Å². The quantitative estimate of drug-likeness (QED) is 0.745. The molecule has 6 nitrogen and oxygen atoms in total. The summed E-state index contributed by atoms with van der Waals surface area (Å²) in [4.78, 5) is 12.3. The van der Waals surface area contributed by atoms with Gasteiger partial charge in [0.15, 0.2) is 0 Å². The van der Waals surface area contributed by atoms with Gasteiger partial charge in [0.05, 0.1) is 23.7 Å². The van der Waals surface area contributed by atoms with Crippen molar-refractivity contribution in [1.29, 1.82) is 0 Å². The molecule has 1 saturated heterocycles. The van der Waals surface area contributed by atoms with Gasteiger partial charge >= 0.3 is 5.97 Å². The summed E-state index contributed by atoms with van der Waals surface area (Å²) in [6.07, 6.45) is 0. The minimum absolute atomic E-state index is 0.0282. The minimum atomic E-state index is -3.69. The van der Waals surface area contributed by atoms with E-state index in [4.69, 9.17) is 9.47 Å². The Hall–Kier alpha value is -2.29. The van der Waals surface area contributed by atoms with E-state index < -0.39 is 16.0 Å². The summed E-state index contributed by atoms with van der Waals surface area (Å²) in [6.45, 7) is 1.22. The molecule has 1 fully saturated rings. The normalized spacial score (nSPS) is 15.6. The Kier molecular flexibility index (Phi) is 5.65. The summed E-state index contributed by atoms with van der Waals surface area (Å²) in [5, 5.41) is 0. The van der Waals surface area contributed by atoms with Crippen molar-refractivity contribution in [1.82, 2.24) is 4.31 Å². The Morgan fingerprint density at radius 1 is 1.12 bits per heavy atom. The van der Waals surface area contributed by atoms with Crippen LogP contribution in [0.1, 0.15) is 15.9 Å². The first kappa shape index (κ1) is 18.5. The lowest BCUT2D eigenvalue weighted by Gasteiger charge is -2.26. The van der Waals surface area contributed by atoms with Gasteiger partial charge in [-0.15, -0.1) is 0 Å². The Labute approximate surface area is 151 Å². The van der Waals surface area contributed by atoms with Crippen LogP contribution in [0, 0.1) is 5.82 Å². The highest BCUT2D eigenvalue weighted by molar-refractivity contribution is 7.89. The number of hydrogen-bond donors (Lipinski definition) is 0. The molecule has 0 unspecified atom stereocenters. The number of nitrogens with zero attached hydrogens (tertiary/aromatic N) is 1. The molecule has 3 rings (SSSR count). The first-order valence-corrected chi connectivity index (χ1v) is 9.50. The first-order valence-electron chi connectivity index (χ1n) is 8.06. The maximum atomic E-state index is 12.9. The Morgan fingerprint density at radius 2 is 1.81 bits per heavy atom. The van der Waals surface area contributed by atoms with Crippen molar-refractivity contribution < 1.29 is 27.1 Å². The lowest BCUT2D eigenvalue weighted by molar-refractivity contribution is 0.0472. The average Bonchev–Trinajstić information content (AvgIpc) is 2.68. The molecule has 2 aromatic rings. The number of rotatable bonds is 5. The molecular formula is C18H18FNO5S. The zero-order valence-electron chi connectivity index (χ0n) is 13.9. The number of benzene rings is 2. The van der Waals surface area contributed by atoms with E-state index in [1.54, 1.807) is 0 Å². The van der Waals surface area contributed by atoms with Gasteiger partial charge in [-0.1, -0.05) is 18.2 Å². The van der Waals surface area contributed by atoms with Crippen molar-refractivity contribution in [3.8, 4) is 0 Å². The second kappa shape index (κ2) is 7.94. The third-order valence-corrected chi connectivity index (χ3v) is 5.86. The van der Waals surface area contributed by atoms with Crippen LogP contribution < -0.4 is 0 Å². The molecule has 0 aliphatic carbocycles. The molecule has 0 aromatic heterocycles. The summed E-state index contributed by atoms with van der Waals surface area (Å²) in [5.74, 6) is -1.02. The van der Waals surface area contributed by atoms with Gasteiger partial charge in [0.25, 0.3) is 0 Å². The molecule has 0 radical (unpaired) electrons. The van der Waals surface area contributed by atoms with Crippen LogP contribution in [0.15, 0.2) is 53.4 Å². The van der Waals surface area contributed by atoms with Crippen LogP contribution in [0.3, 0.4) is 0 Å². The maximum absolute atomic E-state index is 12.9. The smallest absolute Gasteiger partial charge is 0.338 e. The molecule has 1 aliphatic heterocycles. The molecule has 1 heterocycles.